The van der Waals surface area contributed by atoms with Gasteiger partial charge >= 0.3 is 0 Å². The first kappa shape index (κ1) is 28.5. The Morgan fingerprint density at radius 3 is 2.35 bits per heavy atom. The van der Waals surface area contributed by atoms with Gasteiger partial charge in [-0.1, -0.05) is 49.8 Å². The molecular formula is C28H31ClFN5O3S2. The van der Waals surface area contributed by atoms with Crippen molar-refractivity contribution in [1.29, 1.82) is 0 Å². The van der Waals surface area contributed by atoms with Crippen LogP contribution in [-0.4, -0.2) is 34.2 Å². The van der Waals surface area contributed by atoms with E-state index < -0.39 is 23.7 Å². The number of nitrogens with two attached hydrogens (primary N) is 1. The van der Waals surface area contributed by atoms with E-state index in [9.17, 15) is 18.8 Å². The van der Waals surface area contributed by atoms with Gasteiger partial charge in [-0.05, 0) is 66.9 Å². The van der Waals surface area contributed by atoms with Crippen LogP contribution < -0.4 is 21.3 Å². The summed E-state index contributed by atoms with van der Waals surface area (Å²) in [5.74, 6) is -2.07. The average Bonchev–Trinajstić information content (AvgIpc) is 3.72. The second kappa shape index (κ2) is 12.7. The topological polar surface area (TPSA) is 117 Å². The molecule has 0 spiro atoms. The van der Waals surface area contributed by atoms with Crippen LogP contribution in [0.3, 0.4) is 0 Å². The summed E-state index contributed by atoms with van der Waals surface area (Å²) in [4.78, 5) is 43.0. The van der Waals surface area contributed by atoms with Crippen molar-refractivity contribution in [2.75, 3.05) is 10.6 Å². The Balaban J connectivity index is 1.51. The summed E-state index contributed by atoms with van der Waals surface area (Å²) in [5, 5.41) is 7.70. The average molecular weight is 604 g/mol. The molecular weight excluding hydrogens is 573 g/mol. The maximum Gasteiger partial charge on any atom is 0.273 e. The molecule has 0 bridgehead atoms. The predicted octanol–water partition coefficient (Wildman–Crippen LogP) is 6.09. The molecule has 3 aromatic rings. The van der Waals surface area contributed by atoms with Gasteiger partial charge < -0.3 is 16.4 Å². The lowest BCUT2D eigenvalue weighted by atomic mass is 9.95. The number of hydrogen-bond acceptors (Lipinski definition) is 7. The number of nitrogen functional groups attached to an aromatic ring is 1. The molecule has 12 heteroatoms. The molecule has 4 N–H and O–H groups in total. The van der Waals surface area contributed by atoms with Crippen LogP contribution in [0, 0.1) is 5.82 Å². The largest absolute Gasteiger partial charge is 0.395 e. The van der Waals surface area contributed by atoms with Gasteiger partial charge in [0.2, 0.25) is 5.91 Å². The first-order valence-electron chi connectivity index (χ1n) is 13.5. The fraction of sp³-hybridized carbons (Fsp3) is 0.429. The molecule has 212 valence electrons. The zero-order valence-electron chi connectivity index (χ0n) is 21.8. The summed E-state index contributed by atoms with van der Waals surface area (Å²) in [6.07, 6.45) is 8.78. The molecule has 0 unspecified atom stereocenters. The van der Waals surface area contributed by atoms with Crippen LogP contribution in [0.15, 0.2) is 35.7 Å². The van der Waals surface area contributed by atoms with Gasteiger partial charge in [0.25, 0.3) is 11.8 Å². The molecule has 2 aliphatic rings. The number of hydrogen-bond donors (Lipinski definition) is 3. The highest BCUT2D eigenvalue weighted by Gasteiger charge is 2.38. The molecule has 0 radical (unpaired) electrons. The molecule has 2 saturated carbocycles. The Kier molecular flexibility index (Phi) is 9.02. The fourth-order valence-electron chi connectivity index (χ4n) is 5.41. The summed E-state index contributed by atoms with van der Waals surface area (Å²) in [5.41, 5.74) is 6.51. The number of amides is 3. The number of rotatable bonds is 8. The molecule has 40 heavy (non-hydrogen) atoms. The summed E-state index contributed by atoms with van der Waals surface area (Å²) in [6.45, 7) is 0. The highest BCUT2D eigenvalue weighted by Crippen LogP contribution is 2.36. The van der Waals surface area contributed by atoms with Gasteiger partial charge in [-0.25, -0.2) is 4.39 Å². The summed E-state index contributed by atoms with van der Waals surface area (Å²) in [6, 6.07) is 6.41. The third kappa shape index (κ3) is 6.16. The van der Waals surface area contributed by atoms with Gasteiger partial charge in [0.05, 0.1) is 10.7 Å². The molecule has 1 aromatic carbocycles. The van der Waals surface area contributed by atoms with E-state index in [1.54, 1.807) is 12.1 Å². The predicted molar refractivity (Wildman–Crippen MR) is 157 cm³/mol. The van der Waals surface area contributed by atoms with Crippen molar-refractivity contribution < 1.29 is 18.8 Å². The quantitative estimate of drug-likeness (QED) is 0.288. The van der Waals surface area contributed by atoms with Crippen LogP contribution in [0.1, 0.15) is 88.9 Å². The maximum absolute atomic E-state index is 14.2. The molecule has 5 rings (SSSR count). The van der Waals surface area contributed by atoms with Gasteiger partial charge in [-0.15, -0.1) is 11.3 Å². The summed E-state index contributed by atoms with van der Waals surface area (Å²) < 4.78 is 18.4. The first-order valence-corrected chi connectivity index (χ1v) is 15.5. The second-order valence-electron chi connectivity index (χ2n) is 10.3. The molecule has 2 aromatic heterocycles. The standard InChI is InChI=1S/C28H31ClFN5O3S2/c29-19-15-18(12-13-20(19)30)35(24(21-11-6-14-39-21)27(37)33-17-9-4-5-10-17)28(38)25-22(31)23(34-40-25)26(36)32-16-7-2-1-3-8-16/h6,11-17,24H,1-5,7-10,31H2,(H,32,36)(H,33,37)/t24-/m1/s1. The van der Waals surface area contributed by atoms with Gasteiger partial charge in [-0.3, -0.25) is 19.3 Å². The summed E-state index contributed by atoms with van der Waals surface area (Å²) in [7, 11) is 0. The number of nitrogens with one attached hydrogen (secondary N) is 2. The van der Waals surface area contributed by atoms with E-state index in [-0.39, 0.29) is 45.0 Å². The molecule has 3 amide bonds. The monoisotopic (exact) mass is 603 g/mol. The van der Waals surface area contributed by atoms with Crippen LogP contribution >= 0.6 is 34.5 Å². The molecule has 1 atom stereocenters. The van der Waals surface area contributed by atoms with Crippen molar-refractivity contribution in [2.24, 2.45) is 0 Å². The Hall–Kier alpha value is -3.02. The van der Waals surface area contributed by atoms with Crippen LogP contribution in [0.5, 0.6) is 0 Å². The smallest absolute Gasteiger partial charge is 0.273 e. The lowest BCUT2D eigenvalue weighted by molar-refractivity contribution is -0.123. The van der Waals surface area contributed by atoms with Crippen molar-refractivity contribution in [1.82, 2.24) is 15.0 Å². The third-order valence-electron chi connectivity index (χ3n) is 7.50. The Bertz CT molecular complexity index is 1370. The molecule has 2 heterocycles. The highest BCUT2D eigenvalue weighted by molar-refractivity contribution is 7.10. The number of carbonyl (C=O) groups excluding carboxylic acids is 3. The minimum atomic E-state index is -1.07. The number of thiophene rings is 1. The van der Waals surface area contributed by atoms with Crippen molar-refractivity contribution in [3.63, 3.8) is 0 Å². The molecule has 2 aliphatic carbocycles. The lowest BCUT2D eigenvalue weighted by Gasteiger charge is -2.31. The van der Waals surface area contributed by atoms with Crippen LogP contribution in [0.4, 0.5) is 15.8 Å². The van der Waals surface area contributed by atoms with E-state index in [2.05, 4.69) is 15.0 Å². The van der Waals surface area contributed by atoms with Gasteiger partial charge in [0, 0.05) is 22.6 Å². The van der Waals surface area contributed by atoms with Gasteiger partial charge in [-0.2, -0.15) is 4.37 Å². The zero-order valence-corrected chi connectivity index (χ0v) is 24.2. The minimum absolute atomic E-state index is 0.00674. The van der Waals surface area contributed by atoms with E-state index in [0.717, 1.165) is 75.4 Å². The maximum atomic E-state index is 14.2. The SMILES string of the molecule is Nc1c(C(=O)NC2CCCCC2)nsc1C(=O)N(c1ccc(F)c(Cl)c1)[C@@H](C(=O)NC1CCCC1)c1cccs1. The number of anilines is 2. The minimum Gasteiger partial charge on any atom is -0.395 e. The molecule has 0 saturated heterocycles. The van der Waals surface area contributed by atoms with Crippen LogP contribution in [0.2, 0.25) is 5.02 Å². The number of aromatic nitrogens is 1. The van der Waals surface area contributed by atoms with E-state index >= 15 is 0 Å². The fourth-order valence-corrected chi connectivity index (χ4v) is 7.14. The van der Waals surface area contributed by atoms with Gasteiger partial charge in [0.1, 0.15) is 10.7 Å². The first-order chi connectivity index (χ1) is 19.3. The second-order valence-corrected chi connectivity index (χ2v) is 12.4. The van der Waals surface area contributed by atoms with Crippen LogP contribution in [0.25, 0.3) is 0 Å². The molecule has 8 nitrogen and oxygen atoms in total. The number of halogens is 2. The normalized spacial score (nSPS) is 16.9. The van der Waals surface area contributed by atoms with E-state index in [0.29, 0.717) is 4.88 Å². The van der Waals surface area contributed by atoms with Crippen molar-refractivity contribution in [3.05, 3.63) is 62.0 Å². The van der Waals surface area contributed by atoms with Crippen molar-refractivity contribution in [2.45, 2.75) is 75.9 Å². The van der Waals surface area contributed by atoms with Gasteiger partial charge in [0.15, 0.2) is 11.7 Å². The Labute approximate surface area is 245 Å². The molecule has 2 fully saturated rings. The van der Waals surface area contributed by atoms with E-state index in [1.807, 2.05) is 5.38 Å². The number of benzene rings is 1. The Morgan fingerprint density at radius 2 is 1.70 bits per heavy atom. The van der Waals surface area contributed by atoms with Crippen molar-refractivity contribution >= 4 is 63.6 Å². The van der Waals surface area contributed by atoms with Crippen molar-refractivity contribution in [3.8, 4) is 0 Å². The highest BCUT2D eigenvalue weighted by atomic mass is 35.5. The van der Waals surface area contributed by atoms with E-state index in [1.165, 1.54) is 28.4 Å². The van der Waals surface area contributed by atoms with E-state index in [4.69, 9.17) is 17.3 Å². The van der Waals surface area contributed by atoms with Crippen LogP contribution in [-0.2, 0) is 4.79 Å². The number of carbonyl (C=O) groups is 3. The Morgan fingerprint density at radius 1 is 1.02 bits per heavy atom. The third-order valence-corrected chi connectivity index (χ3v) is 9.56. The molecule has 0 aliphatic heterocycles. The summed E-state index contributed by atoms with van der Waals surface area (Å²) >= 11 is 8.25. The lowest BCUT2D eigenvalue weighted by Crippen LogP contribution is -2.46. The zero-order chi connectivity index (χ0) is 28.2. The number of nitrogens with zero attached hydrogens (tertiary/aromatic N) is 2.